The largest absolute Gasteiger partial charge is 0.399 e. The third kappa shape index (κ3) is 3.89. The molecule has 0 radical (unpaired) electrons. The molecular formula is C14H13FN2O2S. The van der Waals surface area contributed by atoms with Crippen molar-refractivity contribution in [3.8, 4) is 0 Å². The monoisotopic (exact) mass is 292 g/mol. The highest BCUT2D eigenvalue weighted by Crippen LogP contribution is 2.12. The second-order valence-electron chi connectivity index (χ2n) is 4.11. The minimum atomic E-state index is -1.50. The maximum atomic E-state index is 12.7. The number of hydrogen-bond donors (Lipinski definition) is 2. The van der Waals surface area contributed by atoms with Gasteiger partial charge >= 0.3 is 0 Å². The lowest BCUT2D eigenvalue weighted by Crippen LogP contribution is -2.19. The van der Waals surface area contributed by atoms with E-state index in [4.69, 9.17) is 5.73 Å². The highest BCUT2D eigenvalue weighted by molar-refractivity contribution is 7.85. The van der Waals surface area contributed by atoms with E-state index in [1.807, 2.05) is 0 Å². The van der Waals surface area contributed by atoms with Crippen LogP contribution in [0, 0.1) is 5.82 Å². The van der Waals surface area contributed by atoms with Gasteiger partial charge in [-0.25, -0.2) is 4.39 Å². The van der Waals surface area contributed by atoms with Crippen molar-refractivity contribution >= 4 is 28.1 Å². The number of rotatable bonds is 4. The van der Waals surface area contributed by atoms with Crippen LogP contribution in [0.4, 0.5) is 15.8 Å². The predicted molar refractivity (Wildman–Crippen MR) is 77.2 cm³/mol. The Bertz CT molecular complexity index is 627. The molecule has 1 unspecified atom stereocenters. The molecule has 3 N–H and O–H groups in total. The van der Waals surface area contributed by atoms with Gasteiger partial charge in [0.1, 0.15) is 11.6 Å². The molecule has 4 nitrogen and oxygen atoms in total. The molecule has 0 saturated heterocycles. The van der Waals surface area contributed by atoms with Crippen LogP contribution in [0.15, 0.2) is 53.4 Å². The summed E-state index contributed by atoms with van der Waals surface area (Å²) in [7, 11) is -1.50. The van der Waals surface area contributed by atoms with Crippen LogP contribution < -0.4 is 11.1 Å². The number of benzene rings is 2. The quantitative estimate of drug-likeness (QED) is 0.848. The summed E-state index contributed by atoms with van der Waals surface area (Å²) < 4.78 is 24.7. The highest BCUT2D eigenvalue weighted by atomic mass is 32.2. The molecule has 0 fully saturated rings. The number of carbonyl (C=O) groups is 1. The van der Waals surface area contributed by atoms with E-state index in [1.165, 1.54) is 24.3 Å². The van der Waals surface area contributed by atoms with Gasteiger partial charge in [-0.1, -0.05) is 0 Å². The molecule has 0 saturated carbocycles. The van der Waals surface area contributed by atoms with Crippen LogP contribution >= 0.6 is 0 Å². The first-order valence-electron chi connectivity index (χ1n) is 5.84. The molecule has 2 aromatic rings. The Labute approximate surface area is 118 Å². The lowest BCUT2D eigenvalue weighted by molar-refractivity contribution is -0.113. The first-order chi connectivity index (χ1) is 9.54. The molecule has 2 rings (SSSR count). The summed E-state index contributed by atoms with van der Waals surface area (Å²) in [5.41, 5.74) is 6.71. The van der Waals surface area contributed by atoms with Gasteiger partial charge in [0.25, 0.3) is 0 Å². The Kier molecular flexibility index (Phi) is 4.47. The van der Waals surface area contributed by atoms with E-state index in [9.17, 15) is 13.4 Å². The van der Waals surface area contributed by atoms with E-state index in [0.29, 0.717) is 16.3 Å². The minimum Gasteiger partial charge on any atom is -0.399 e. The summed E-state index contributed by atoms with van der Waals surface area (Å²) in [5.74, 6) is -0.967. The fraction of sp³-hybridized carbons (Fsp3) is 0.0714. The fourth-order valence-corrected chi connectivity index (χ4v) is 2.47. The van der Waals surface area contributed by atoms with E-state index in [0.717, 1.165) is 0 Å². The molecule has 6 heteroatoms. The third-order valence-electron chi connectivity index (χ3n) is 2.53. The first kappa shape index (κ1) is 14.2. The van der Waals surface area contributed by atoms with Gasteiger partial charge in [-0.15, -0.1) is 0 Å². The predicted octanol–water partition coefficient (Wildman–Crippen LogP) is 2.15. The summed E-state index contributed by atoms with van der Waals surface area (Å²) in [5, 5.41) is 2.62. The van der Waals surface area contributed by atoms with Crippen molar-refractivity contribution in [3.63, 3.8) is 0 Å². The van der Waals surface area contributed by atoms with Crippen molar-refractivity contribution in [2.24, 2.45) is 0 Å². The van der Waals surface area contributed by atoms with Crippen LogP contribution in [0.5, 0.6) is 0 Å². The number of nitrogens with one attached hydrogen (secondary N) is 1. The van der Waals surface area contributed by atoms with Crippen molar-refractivity contribution in [2.75, 3.05) is 16.8 Å². The summed E-state index contributed by atoms with van der Waals surface area (Å²) in [6.07, 6.45) is 0. The Balaban J connectivity index is 1.95. The number of nitrogen functional groups attached to an aromatic ring is 1. The van der Waals surface area contributed by atoms with Gasteiger partial charge in [-0.3, -0.25) is 9.00 Å². The SMILES string of the molecule is Nc1ccc(NC(=O)CS(=O)c2ccc(F)cc2)cc1. The average molecular weight is 292 g/mol. The summed E-state index contributed by atoms with van der Waals surface area (Å²) >= 11 is 0. The van der Waals surface area contributed by atoms with E-state index in [2.05, 4.69) is 5.32 Å². The summed E-state index contributed by atoms with van der Waals surface area (Å²) in [4.78, 5) is 12.2. The standard InChI is InChI=1S/C14H13FN2O2S/c15-10-1-7-13(8-2-10)20(19)9-14(18)17-12-5-3-11(16)4-6-12/h1-8H,9,16H2,(H,17,18). The normalized spacial score (nSPS) is 11.8. The van der Waals surface area contributed by atoms with Crippen LogP contribution in [0.1, 0.15) is 0 Å². The first-order valence-corrected chi connectivity index (χ1v) is 7.16. The molecule has 20 heavy (non-hydrogen) atoms. The molecule has 0 bridgehead atoms. The summed E-state index contributed by atoms with van der Waals surface area (Å²) in [6, 6.07) is 11.9. The third-order valence-corrected chi connectivity index (χ3v) is 3.86. The Morgan fingerprint density at radius 3 is 2.30 bits per heavy atom. The molecule has 1 atom stereocenters. The molecule has 1 amide bonds. The van der Waals surface area contributed by atoms with Gasteiger partial charge in [0.05, 0.1) is 10.8 Å². The number of halogens is 1. The van der Waals surface area contributed by atoms with E-state index < -0.39 is 16.6 Å². The van der Waals surface area contributed by atoms with Gasteiger partial charge in [0.15, 0.2) is 0 Å². The maximum absolute atomic E-state index is 12.7. The number of carbonyl (C=O) groups excluding carboxylic acids is 1. The number of amides is 1. The highest BCUT2D eigenvalue weighted by Gasteiger charge is 2.10. The van der Waals surface area contributed by atoms with Crippen molar-refractivity contribution in [1.29, 1.82) is 0 Å². The molecule has 0 spiro atoms. The van der Waals surface area contributed by atoms with Crippen molar-refractivity contribution < 1.29 is 13.4 Å². The van der Waals surface area contributed by atoms with Crippen LogP contribution in [0.3, 0.4) is 0 Å². The lowest BCUT2D eigenvalue weighted by Gasteiger charge is -2.05. The minimum absolute atomic E-state index is 0.185. The number of hydrogen-bond acceptors (Lipinski definition) is 3. The zero-order valence-electron chi connectivity index (χ0n) is 10.5. The van der Waals surface area contributed by atoms with Crippen LogP contribution in [-0.2, 0) is 15.6 Å². The molecule has 2 aromatic carbocycles. The molecular weight excluding hydrogens is 279 g/mol. The van der Waals surface area contributed by atoms with Crippen LogP contribution in [0.25, 0.3) is 0 Å². The molecule has 0 aliphatic rings. The number of nitrogens with two attached hydrogens (primary N) is 1. The zero-order valence-corrected chi connectivity index (χ0v) is 11.3. The Morgan fingerprint density at radius 2 is 1.70 bits per heavy atom. The van der Waals surface area contributed by atoms with Gasteiger partial charge in [0, 0.05) is 16.3 Å². The van der Waals surface area contributed by atoms with Gasteiger partial charge < -0.3 is 11.1 Å². The molecule has 0 aliphatic carbocycles. The van der Waals surface area contributed by atoms with Crippen molar-refractivity contribution in [1.82, 2.24) is 0 Å². The topological polar surface area (TPSA) is 72.2 Å². The summed E-state index contributed by atoms with van der Waals surface area (Å²) in [6.45, 7) is 0. The average Bonchev–Trinajstić information content (AvgIpc) is 2.42. The van der Waals surface area contributed by atoms with E-state index in [1.54, 1.807) is 24.3 Å². The van der Waals surface area contributed by atoms with Gasteiger partial charge in [-0.05, 0) is 48.5 Å². The lowest BCUT2D eigenvalue weighted by atomic mass is 10.3. The maximum Gasteiger partial charge on any atom is 0.237 e. The fourth-order valence-electron chi connectivity index (χ4n) is 1.55. The number of anilines is 2. The Hall–Kier alpha value is -2.21. The van der Waals surface area contributed by atoms with Crippen molar-refractivity contribution in [2.45, 2.75) is 4.90 Å². The van der Waals surface area contributed by atoms with Crippen LogP contribution in [0.2, 0.25) is 0 Å². The molecule has 104 valence electrons. The van der Waals surface area contributed by atoms with Crippen LogP contribution in [-0.4, -0.2) is 15.9 Å². The Morgan fingerprint density at radius 1 is 1.10 bits per heavy atom. The van der Waals surface area contributed by atoms with Gasteiger partial charge in [0.2, 0.25) is 5.91 Å². The van der Waals surface area contributed by atoms with Crippen molar-refractivity contribution in [3.05, 3.63) is 54.3 Å². The van der Waals surface area contributed by atoms with Gasteiger partial charge in [-0.2, -0.15) is 0 Å². The molecule has 0 aromatic heterocycles. The van der Waals surface area contributed by atoms with E-state index in [-0.39, 0.29) is 11.7 Å². The molecule has 0 aliphatic heterocycles. The van der Waals surface area contributed by atoms with E-state index >= 15 is 0 Å². The molecule has 0 heterocycles. The second kappa shape index (κ2) is 6.29. The zero-order chi connectivity index (χ0) is 14.5. The second-order valence-corrected chi connectivity index (χ2v) is 5.57. The smallest absolute Gasteiger partial charge is 0.237 e.